The highest BCUT2D eigenvalue weighted by Crippen LogP contribution is 2.22. The van der Waals surface area contributed by atoms with E-state index in [9.17, 15) is 18.0 Å². The SMILES string of the molecule is C/C(=C/C(F)(F)F)Cc1nc2scnc2c(=O)n1-c1ccc(Cl)cc1. The van der Waals surface area contributed by atoms with E-state index in [1.54, 1.807) is 24.3 Å². The van der Waals surface area contributed by atoms with E-state index in [4.69, 9.17) is 11.6 Å². The van der Waals surface area contributed by atoms with E-state index >= 15 is 0 Å². The highest BCUT2D eigenvalue weighted by molar-refractivity contribution is 7.16. The topological polar surface area (TPSA) is 47.8 Å². The average Bonchev–Trinajstić information content (AvgIpc) is 2.95. The minimum atomic E-state index is -4.43. The zero-order chi connectivity index (χ0) is 18.2. The molecule has 0 N–H and O–H groups in total. The van der Waals surface area contributed by atoms with E-state index in [1.165, 1.54) is 17.0 Å². The Morgan fingerprint density at radius 2 is 2.00 bits per heavy atom. The van der Waals surface area contributed by atoms with Gasteiger partial charge in [0.15, 0.2) is 10.3 Å². The Morgan fingerprint density at radius 1 is 1.32 bits per heavy atom. The van der Waals surface area contributed by atoms with Crippen molar-refractivity contribution in [2.24, 2.45) is 0 Å². The number of rotatable bonds is 3. The van der Waals surface area contributed by atoms with Crippen LogP contribution in [-0.2, 0) is 6.42 Å². The van der Waals surface area contributed by atoms with Gasteiger partial charge in [0.1, 0.15) is 5.82 Å². The molecule has 2 aromatic heterocycles. The summed E-state index contributed by atoms with van der Waals surface area (Å²) < 4.78 is 39.0. The van der Waals surface area contributed by atoms with E-state index in [0.717, 1.165) is 11.3 Å². The van der Waals surface area contributed by atoms with Gasteiger partial charge in [0.25, 0.3) is 5.56 Å². The van der Waals surface area contributed by atoms with Gasteiger partial charge in [-0.1, -0.05) is 17.2 Å². The minimum Gasteiger partial charge on any atom is -0.266 e. The van der Waals surface area contributed by atoms with Crippen LogP contribution in [0.4, 0.5) is 13.2 Å². The first-order valence-electron chi connectivity index (χ1n) is 7.11. The van der Waals surface area contributed by atoms with Crippen LogP contribution in [0.25, 0.3) is 16.0 Å². The third kappa shape index (κ3) is 3.91. The highest BCUT2D eigenvalue weighted by atomic mass is 35.5. The lowest BCUT2D eigenvalue weighted by Crippen LogP contribution is -2.24. The summed E-state index contributed by atoms with van der Waals surface area (Å²) >= 11 is 7.03. The Labute approximate surface area is 149 Å². The number of allylic oxidation sites excluding steroid dienone is 2. The summed E-state index contributed by atoms with van der Waals surface area (Å²) in [6.45, 7) is 1.35. The molecule has 0 saturated heterocycles. The molecule has 2 heterocycles. The molecule has 0 amide bonds. The molecule has 3 rings (SSSR count). The molecule has 1 aromatic carbocycles. The number of fused-ring (bicyclic) bond motifs is 1. The van der Waals surface area contributed by atoms with Crippen LogP contribution >= 0.6 is 22.9 Å². The molecular formula is C16H11ClF3N3OS. The first-order valence-corrected chi connectivity index (χ1v) is 8.36. The molecule has 0 fully saturated rings. The molecule has 3 aromatic rings. The van der Waals surface area contributed by atoms with Crippen molar-refractivity contribution in [2.45, 2.75) is 19.5 Å². The molecule has 0 aliphatic heterocycles. The number of alkyl halides is 3. The van der Waals surface area contributed by atoms with Crippen LogP contribution in [-0.4, -0.2) is 20.7 Å². The number of thiazole rings is 1. The lowest BCUT2D eigenvalue weighted by atomic mass is 10.2. The molecule has 0 saturated carbocycles. The van der Waals surface area contributed by atoms with Crippen LogP contribution in [0.2, 0.25) is 5.02 Å². The normalized spacial score (nSPS) is 12.8. The van der Waals surface area contributed by atoms with Gasteiger partial charge in [-0.3, -0.25) is 9.36 Å². The predicted molar refractivity (Wildman–Crippen MR) is 91.5 cm³/mol. The maximum Gasteiger partial charge on any atom is 0.409 e. The van der Waals surface area contributed by atoms with Crippen LogP contribution in [0.15, 0.2) is 46.2 Å². The predicted octanol–water partition coefficient (Wildman–Crippen LogP) is 4.55. The summed E-state index contributed by atoms with van der Waals surface area (Å²) in [5.41, 5.74) is 1.75. The number of benzene rings is 1. The van der Waals surface area contributed by atoms with Crippen molar-refractivity contribution >= 4 is 33.3 Å². The van der Waals surface area contributed by atoms with E-state index in [2.05, 4.69) is 9.97 Å². The van der Waals surface area contributed by atoms with Crippen molar-refractivity contribution in [1.82, 2.24) is 14.5 Å². The van der Waals surface area contributed by atoms with Crippen molar-refractivity contribution in [3.63, 3.8) is 0 Å². The Morgan fingerprint density at radius 3 is 2.64 bits per heavy atom. The Hall–Kier alpha value is -2.19. The fourth-order valence-corrected chi connectivity index (χ4v) is 3.20. The second-order valence-corrected chi connectivity index (χ2v) is 6.63. The molecule has 25 heavy (non-hydrogen) atoms. The maximum atomic E-state index is 12.8. The van der Waals surface area contributed by atoms with E-state index in [0.29, 0.717) is 15.5 Å². The molecule has 0 atom stereocenters. The summed E-state index contributed by atoms with van der Waals surface area (Å²) in [6, 6.07) is 6.40. The van der Waals surface area contributed by atoms with Gasteiger partial charge in [-0.25, -0.2) is 9.97 Å². The third-order valence-corrected chi connectivity index (χ3v) is 4.35. The van der Waals surface area contributed by atoms with Crippen LogP contribution in [0, 0.1) is 0 Å². The average molecular weight is 386 g/mol. The van der Waals surface area contributed by atoms with Crippen molar-refractivity contribution < 1.29 is 13.2 Å². The second-order valence-electron chi connectivity index (χ2n) is 5.36. The zero-order valence-electron chi connectivity index (χ0n) is 12.8. The lowest BCUT2D eigenvalue weighted by molar-refractivity contribution is -0.0805. The van der Waals surface area contributed by atoms with Gasteiger partial charge >= 0.3 is 6.18 Å². The van der Waals surface area contributed by atoms with Gasteiger partial charge in [0, 0.05) is 17.5 Å². The summed E-state index contributed by atoms with van der Waals surface area (Å²) in [6.07, 6.45) is -4.34. The van der Waals surface area contributed by atoms with Crippen molar-refractivity contribution in [1.29, 1.82) is 0 Å². The number of halogens is 4. The molecular weight excluding hydrogens is 375 g/mol. The summed E-state index contributed by atoms with van der Waals surface area (Å²) in [7, 11) is 0. The van der Waals surface area contributed by atoms with Crippen molar-refractivity contribution in [3.05, 3.63) is 62.6 Å². The van der Waals surface area contributed by atoms with Crippen LogP contribution < -0.4 is 5.56 Å². The molecule has 0 unspecified atom stereocenters. The second kappa shape index (κ2) is 6.61. The van der Waals surface area contributed by atoms with Crippen molar-refractivity contribution in [3.8, 4) is 5.69 Å². The van der Waals surface area contributed by atoms with Gasteiger partial charge in [-0.05, 0) is 31.2 Å². The summed E-state index contributed by atoms with van der Waals surface area (Å²) in [5, 5.41) is 0.481. The van der Waals surface area contributed by atoms with Gasteiger partial charge in [-0.15, -0.1) is 11.3 Å². The minimum absolute atomic E-state index is 0.0472. The first kappa shape index (κ1) is 17.6. The fourth-order valence-electron chi connectivity index (χ4n) is 2.41. The monoisotopic (exact) mass is 385 g/mol. The summed E-state index contributed by atoms with van der Waals surface area (Å²) in [4.78, 5) is 21.5. The van der Waals surface area contributed by atoms with Crippen LogP contribution in [0.5, 0.6) is 0 Å². The smallest absolute Gasteiger partial charge is 0.266 e. The molecule has 0 spiro atoms. The Balaban J connectivity index is 2.19. The quantitative estimate of drug-likeness (QED) is 0.621. The maximum absolute atomic E-state index is 12.8. The van der Waals surface area contributed by atoms with E-state index in [1.807, 2.05) is 0 Å². The molecule has 9 heteroatoms. The number of hydrogen-bond acceptors (Lipinski definition) is 4. The zero-order valence-corrected chi connectivity index (χ0v) is 14.4. The van der Waals surface area contributed by atoms with Gasteiger partial charge < -0.3 is 0 Å². The number of aromatic nitrogens is 3. The molecule has 130 valence electrons. The molecule has 0 aliphatic carbocycles. The number of hydrogen-bond donors (Lipinski definition) is 0. The Kier molecular flexibility index (Phi) is 4.66. The van der Waals surface area contributed by atoms with Crippen LogP contribution in [0.1, 0.15) is 12.7 Å². The van der Waals surface area contributed by atoms with Gasteiger partial charge in [-0.2, -0.15) is 13.2 Å². The van der Waals surface area contributed by atoms with Crippen LogP contribution in [0.3, 0.4) is 0 Å². The Bertz CT molecular complexity index is 1010. The van der Waals surface area contributed by atoms with E-state index < -0.39 is 11.7 Å². The lowest BCUT2D eigenvalue weighted by Gasteiger charge is -2.13. The standard InChI is InChI=1S/C16H11ClF3N3OS/c1-9(7-16(18,19)20)6-12-22-14-13(21-8-25-14)15(24)23(12)11-4-2-10(17)3-5-11/h2-5,7-8H,6H2,1H3/b9-7-. The molecule has 0 radical (unpaired) electrons. The summed E-state index contributed by atoms with van der Waals surface area (Å²) in [5.74, 6) is 0.210. The number of nitrogens with zero attached hydrogens (tertiary/aromatic N) is 3. The molecule has 0 bridgehead atoms. The third-order valence-electron chi connectivity index (χ3n) is 3.37. The molecule has 0 aliphatic rings. The van der Waals surface area contributed by atoms with Gasteiger partial charge in [0.05, 0.1) is 11.2 Å². The largest absolute Gasteiger partial charge is 0.409 e. The molecule has 4 nitrogen and oxygen atoms in total. The van der Waals surface area contributed by atoms with Gasteiger partial charge in [0.2, 0.25) is 0 Å². The first-order chi connectivity index (χ1) is 11.7. The highest BCUT2D eigenvalue weighted by Gasteiger charge is 2.24. The van der Waals surface area contributed by atoms with E-state index in [-0.39, 0.29) is 29.4 Å². The van der Waals surface area contributed by atoms with Crippen molar-refractivity contribution in [2.75, 3.05) is 0 Å². The fraction of sp³-hybridized carbons (Fsp3) is 0.188.